The van der Waals surface area contributed by atoms with Crippen LogP contribution in [0.2, 0.25) is 0 Å². The van der Waals surface area contributed by atoms with E-state index in [9.17, 15) is 14.7 Å². The second-order valence-corrected chi connectivity index (χ2v) is 6.21. The summed E-state index contributed by atoms with van der Waals surface area (Å²) in [4.78, 5) is 25.5. The molecule has 108 valence electrons. The van der Waals surface area contributed by atoms with Crippen LogP contribution in [0.25, 0.3) is 0 Å². The smallest absolute Gasteiger partial charge is 0.411 e. The van der Waals surface area contributed by atoms with Crippen molar-refractivity contribution in [3.63, 3.8) is 0 Å². The van der Waals surface area contributed by atoms with E-state index in [1.54, 1.807) is 20.8 Å². The highest BCUT2D eigenvalue weighted by Gasteiger charge is 2.57. The molecule has 0 aromatic heterocycles. The topological polar surface area (TPSA) is 76.1 Å². The zero-order chi connectivity index (χ0) is 14.4. The maximum absolute atomic E-state index is 12.2. The van der Waals surface area contributed by atoms with E-state index in [1.807, 2.05) is 0 Å². The summed E-state index contributed by atoms with van der Waals surface area (Å²) in [6, 6.07) is -0.868. The fraction of sp³-hybridized carbons (Fsp3) is 0.846. The Balaban J connectivity index is 2.19. The summed E-state index contributed by atoms with van der Waals surface area (Å²) >= 11 is 0. The molecule has 6 nitrogen and oxygen atoms in total. The fourth-order valence-electron chi connectivity index (χ4n) is 3.01. The van der Waals surface area contributed by atoms with Gasteiger partial charge in [0.25, 0.3) is 0 Å². The molecule has 1 amide bonds. The van der Waals surface area contributed by atoms with Crippen molar-refractivity contribution in [2.24, 2.45) is 5.92 Å². The molecule has 4 atom stereocenters. The van der Waals surface area contributed by atoms with Gasteiger partial charge in [-0.25, -0.2) is 9.59 Å². The average molecular weight is 271 g/mol. The van der Waals surface area contributed by atoms with Gasteiger partial charge in [0.1, 0.15) is 11.6 Å². The molecule has 1 heterocycles. The number of ether oxygens (including phenoxy) is 2. The fourth-order valence-corrected chi connectivity index (χ4v) is 3.01. The first kappa shape index (κ1) is 14.1. The van der Waals surface area contributed by atoms with Gasteiger partial charge in [-0.05, 0) is 33.6 Å². The number of fused-ring (bicyclic) bond motifs is 2. The Hall–Kier alpha value is -1.30. The molecule has 0 aromatic rings. The predicted molar refractivity (Wildman–Crippen MR) is 66.4 cm³/mol. The highest BCUT2D eigenvalue weighted by molar-refractivity contribution is 5.83. The van der Waals surface area contributed by atoms with E-state index in [0.717, 1.165) is 0 Å². The van der Waals surface area contributed by atoms with E-state index in [1.165, 1.54) is 12.0 Å². The molecule has 1 aliphatic carbocycles. The van der Waals surface area contributed by atoms with E-state index >= 15 is 0 Å². The molecule has 0 spiro atoms. The number of hydrogen-bond donors (Lipinski definition) is 1. The zero-order valence-corrected chi connectivity index (χ0v) is 11.8. The molecular weight excluding hydrogens is 250 g/mol. The van der Waals surface area contributed by atoms with E-state index in [-0.39, 0.29) is 12.0 Å². The highest BCUT2D eigenvalue weighted by Crippen LogP contribution is 2.43. The van der Waals surface area contributed by atoms with Crippen LogP contribution in [-0.2, 0) is 14.3 Å². The lowest BCUT2D eigenvalue weighted by Gasteiger charge is -2.36. The Morgan fingerprint density at radius 3 is 2.42 bits per heavy atom. The van der Waals surface area contributed by atoms with Crippen LogP contribution in [0.1, 0.15) is 33.6 Å². The largest absolute Gasteiger partial charge is 0.467 e. The van der Waals surface area contributed by atoms with Crippen LogP contribution in [-0.4, -0.2) is 53.0 Å². The van der Waals surface area contributed by atoms with E-state index in [2.05, 4.69) is 0 Å². The lowest BCUT2D eigenvalue weighted by atomic mass is 9.96. The summed E-state index contributed by atoms with van der Waals surface area (Å²) in [5.74, 6) is -0.734. The summed E-state index contributed by atoms with van der Waals surface area (Å²) in [6.45, 7) is 5.34. The highest BCUT2D eigenvalue weighted by atomic mass is 16.6. The zero-order valence-electron chi connectivity index (χ0n) is 11.8. The number of rotatable bonds is 1. The van der Waals surface area contributed by atoms with Gasteiger partial charge in [0.2, 0.25) is 0 Å². The van der Waals surface area contributed by atoms with Crippen LogP contribution in [0.4, 0.5) is 4.79 Å². The Morgan fingerprint density at radius 2 is 1.89 bits per heavy atom. The normalized spacial score (nSPS) is 33.4. The molecule has 1 saturated heterocycles. The van der Waals surface area contributed by atoms with E-state index < -0.39 is 29.8 Å². The number of esters is 1. The van der Waals surface area contributed by atoms with Crippen molar-refractivity contribution < 1.29 is 24.2 Å². The number of piperidine rings is 1. The number of aliphatic hydroxyl groups excluding tert-OH is 1. The molecule has 0 radical (unpaired) electrons. The maximum atomic E-state index is 12.2. The van der Waals surface area contributed by atoms with Crippen LogP contribution in [0.15, 0.2) is 0 Å². The van der Waals surface area contributed by atoms with Crippen LogP contribution < -0.4 is 0 Å². The third kappa shape index (κ3) is 2.54. The van der Waals surface area contributed by atoms with Crippen LogP contribution in [0.3, 0.4) is 0 Å². The first-order valence-corrected chi connectivity index (χ1v) is 6.52. The number of nitrogens with zero attached hydrogens (tertiary/aromatic N) is 1. The first-order valence-electron chi connectivity index (χ1n) is 6.52. The van der Waals surface area contributed by atoms with Gasteiger partial charge in [-0.15, -0.1) is 0 Å². The molecular formula is C13H21NO5. The summed E-state index contributed by atoms with van der Waals surface area (Å²) < 4.78 is 10.1. The molecule has 19 heavy (non-hydrogen) atoms. The van der Waals surface area contributed by atoms with Crippen molar-refractivity contribution in [1.29, 1.82) is 0 Å². The lowest BCUT2D eigenvalue weighted by Crippen LogP contribution is -2.54. The van der Waals surface area contributed by atoms with Crippen LogP contribution in [0, 0.1) is 5.92 Å². The third-order valence-corrected chi connectivity index (χ3v) is 3.70. The quantitative estimate of drug-likeness (QED) is 0.718. The van der Waals surface area contributed by atoms with E-state index in [0.29, 0.717) is 12.8 Å². The minimum atomic E-state index is -0.728. The Labute approximate surface area is 112 Å². The van der Waals surface area contributed by atoms with Crippen LogP contribution >= 0.6 is 0 Å². The van der Waals surface area contributed by atoms with Crippen LogP contribution in [0.5, 0.6) is 0 Å². The molecule has 2 bridgehead atoms. The molecule has 1 N–H and O–H groups in total. The van der Waals surface area contributed by atoms with Crippen molar-refractivity contribution in [2.45, 2.75) is 57.4 Å². The number of amides is 1. The van der Waals surface area contributed by atoms with Gasteiger partial charge < -0.3 is 14.6 Å². The Bertz CT molecular complexity index is 389. The summed E-state index contributed by atoms with van der Waals surface area (Å²) in [5.41, 5.74) is -0.613. The number of carbonyl (C=O) groups is 2. The minimum absolute atomic E-state index is 0.140. The summed E-state index contributed by atoms with van der Waals surface area (Å²) in [7, 11) is 1.29. The monoisotopic (exact) mass is 271 g/mol. The molecule has 0 unspecified atom stereocenters. The number of carbonyl (C=O) groups excluding carboxylic acids is 2. The molecule has 2 fully saturated rings. The number of hydrogen-bond acceptors (Lipinski definition) is 5. The van der Waals surface area contributed by atoms with Gasteiger partial charge in [-0.3, -0.25) is 4.90 Å². The second kappa shape index (κ2) is 4.67. The van der Waals surface area contributed by atoms with Crippen molar-refractivity contribution in [1.82, 2.24) is 4.90 Å². The standard InChI is InChI=1S/C13H21NO5/c1-13(2,3)19-12(17)14-7-5-8(9(15)6-7)10(14)11(16)18-4/h7-10,15H,5-6H2,1-4H3/t7-,8+,9+,10-/m1/s1. The summed E-state index contributed by atoms with van der Waals surface area (Å²) in [5, 5.41) is 9.88. The van der Waals surface area contributed by atoms with Gasteiger partial charge in [-0.2, -0.15) is 0 Å². The van der Waals surface area contributed by atoms with Gasteiger partial charge in [-0.1, -0.05) is 0 Å². The van der Waals surface area contributed by atoms with E-state index in [4.69, 9.17) is 9.47 Å². The lowest BCUT2D eigenvalue weighted by molar-refractivity contribution is -0.150. The van der Waals surface area contributed by atoms with Crippen molar-refractivity contribution in [3.05, 3.63) is 0 Å². The maximum Gasteiger partial charge on any atom is 0.411 e. The number of aliphatic hydroxyl groups is 1. The molecule has 2 rings (SSSR count). The minimum Gasteiger partial charge on any atom is -0.467 e. The third-order valence-electron chi connectivity index (χ3n) is 3.70. The SMILES string of the molecule is COC(=O)[C@H]1[C@H]2C[C@H](C[C@@H]2O)N1C(=O)OC(C)(C)C. The molecule has 2 aliphatic rings. The Morgan fingerprint density at radius 1 is 1.26 bits per heavy atom. The van der Waals surface area contributed by atoms with Crippen molar-refractivity contribution in [3.8, 4) is 0 Å². The van der Waals surface area contributed by atoms with Gasteiger partial charge in [0, 0.05) is 12.0 Å². The second-order valence-electron chi connectivity index (χ2n) is 6.21. The molecule has 1 saturated carbocycles. The molecule has 6 heteroatoms. The van der Waals surface area contributed by atoms with Gasteiger partial charge in [0.05, 0.1) is 13.2 Å². The predicted octanol–water partition coefficient (Wildman–Crippen LogP) is 0.918. The average Bonchev–Trinajstić information content (AvgIpc) is 2.81. The van der Waals surface area contributed by atoms with Crippen molar-refractivity contribution >= 4 is 12.1 Å². The van der Waals surface area contributed by atoms with Gasteiger partial charge in [0.15, 0.2) is 0 Å². The first-order chi connectivity index (χ1) is 8.74. The van der Waals surface area contributed by atoms with Gasteiger partial charge >= 0.3 is 12.1 Å². The van der Waals surface area contributed by atoms with Crippen molar-refractivity contribution in [2.75, 3.05) is 7.11 Å². The number of likely N-dealkylation sites (tertiary alicyclic amines) is 1. The summed E-state index contributed by atoms with van der Waals surface area (Å²) in [6.07, 6.45) is 0.0625. The Kier molecular flexibility index (Phi) is 3.47. The molecule has 1 aliphatic heterocycles. The number of methoxy groups -OCH3 is 1. The molecule has 0 aromatic carbocycles.